The van der Waals surface area contributed by atoms with Gasteiger partial charge in [-0.1, -0.05) is 0 Å². The van der Waals surface area contributed by atoms with Crippen LogP contribution in [0.3, 0.4) is 0 Å². The summed E-state index contributed by atoms with van der Waals surface area (Å²) in [6.45, 7) is 1.69. The lowest BCUT2D eigenvalue weighted by molar-refractivity contribution is -0.158. The van der Waals surface area contributed by atoms with E-state index in [1.807, 2.05) is 0 Å². The highest BCUT2D eigenvalue weighted by molar-refractivity contribution is 7.55. The minimum absolute atomic E-state index is 0.0301. The van der Waals surface area contributed by atoms with Gasteiger partial charge in [0.25, 0.3) is 0 Å². The van der Waals surface area contributed by atoms with Crippen LogP contribution in [0.4, 0.5) is 17.6 Å². The van der Waals surface area contributed by atoms with E-state index in [9.17, 15) is 22.1 Å². The molecule has 0 aromatic rings. The van der Waals surface area contributed by atoms with Crippen molar-refractivity contribution in [1.29, 1.82) is 0 Å². The molecule has 0 aliphatic carbocycles. The first-order valence-electron chi connectivity index (χ1n) is 4.27. The van der Waals surface area contributed by atoms with E-state index in [0.717, 1.165) is 0 Å². The molecule has 15 heavy (non-hydrogen) atoms. The van der Waals surface area contributed by atoms with Gasteiger partial charge in [0.15, 0.2) is 0 Å². The third kappa shape index (κ3) is 2.92. The van der Waals surface area contributed by atoms with Gasteiger partial charge in [0, 0.05) is 6.92 Å². The van der Waals surface area contributed by atoms with Crippen LogP contribution in [0.5, 0.6) is 0 Å². The normalized spacial score (nSPS) is 14.3. The van der Waals surface area contributed by atoms with Gasteiger partial charge in [-0.25, -0.2) is 0 Å². The zero-order valence-corrected chi connectivity index (χ0v) is 9.49. The van der Waals surface area contributed by atoms with Gasteiger partial charge in [0.05, 0.1) is 13.2 Å². The van der Waals surface area contributed by atoms with Crippen molar-refractivity contribution < 1.29 is 31.2 Å². The van der Waals surface area contributed by atoms with Crippen molar-refractivity contribution in [3.05, 3.63) is 0 Å². The Hall–Kier alpha value is -0.130. The minimum atomic E-state index is -5.13. The van der Waals surface area contributed by atoms with E-state index in [1.165, 1.54) is 13.8 Å². The molecule has 0 saturated heterocycles. The summed E-state index contributed by atoms with van der Waals surface area (Å²) in [5.41, 5.74) is -4.83. The first kappa shape index (κ1) is 14.9. The minimum Gasteiger partial charge on any atom is -0.305 e. The summed E-state index contributed by atoms with van der Waals surface area (Å²) in [7, 11) is -5.13. The van der Waals surface area contributed by atoms with Gasteiger partial charge < -0.3 is 9.05 Å². The molecule has 3 nitrogen and oxygen atoms in total. The van der Waals surface area contributed by atoms with Gasteiger partial charge in [0.2, 0.25) is 0 Å². The summed E-state index contributed by atoms with van der Waals surface area (Å²) in [6.07, 6.45) is 0. The Morgan fingerprint density at radius 1 is 1.07 bits per heavy atom. The van der Waals surface area contributed by atoms with Crippen molar-refractivity contribution in [2.75, 3.05) is 13.2 Å². The molecule has 0 bridgehead atoms. The summed E-state index contributed by atoms with van der Waals surface area (Å²) in [5, 5.41) is 0. The van der Waals surface area contributed by atoms with Crippen LogP contribution in [0.15, 0.2) is 0 Å². The predicted octanol–water partition coefficient (Wildman–Crippen LogP) is 3.50. The lowest BCUT2D eigenvalue weighted by atomic mass is 10.4. The fourth-order valence-corrected chi connectivity index (χ4v) is 2.34. The first-order chi connectivity index (χ1) is 6.62. The molecule has 0 unspecified atom stereocenters. The van der Waals surface area contributed by atoms with Crippen LogP contribution >= 0.6 is 7.60 Å². The molecule has 0 fully saturated rings. The summed E-state index contributed by atoms with van der Waals surface area (Å²) in [4.78, 5) is 0. The molecule has 0 saturated carbocycles. The van der Waals surface area contributed by atoms with Crippen LogP contribution in [0, 0.1) is 0 Å². The van der Waals surface area contributed by atoms with Crippen LogP contribution in [-0.2, 0) is 13.6 Å². The average Bonchev–Trinajstić information content (AvgIpc) is 2.02. The molecule has 0 spiro atoms. The maximum Gasteiger partial charge on any atom is 0.407 e. The molecular weight excluding hydrogens is 239 g/mol. The van der Waals surface area contributed by atoms with Gasteiger partial charge in [-0.2, -0.15) is 17.6 Å². The van der Waals surface area contributed by atoms with Crippen LogP contribution in [0.1, 0.15) is 20.8 Å². The van der Waals surface area contributed by atoms with E-state index in [4.69, 9.17) is 0 Å². The standard InChI is InChI=1S/C7H13F4O3P/c1-4-13-15(12,14-5-2)7(10,11)6(3,8)9/h4-5H2,1-3H3. The highest BCUT2D eigenvalue weighted by Crippen LogP contribution is 2.66. The van der Waals surface area contributed by atoms with Gasteiger partial charge in [0.1, 0.15) is 0 Å². The Bertz CT molecular complexity index is 241. The maximum atomic E-state index is 13.1. The van der Waals surface area contributed by atoms with Gasteiger partial charge >= 0.3 is 19.2 Å². The second kappa shape index (κ2) is 4.80. The fourth-order valence-electron chi connectivity index (χ4n) is 0.780. The van der Waals surface area contributed by atoms with Crippen molar-refractivity contribution in [3.8, 4) is 0 Å². The monoisotopic (exact) mass is 252 g/mol. The molecule has 0 aliphatic rings. The summed E-state index contributed by atoms with van der Waals surface area (Å²) in [6, 6.07) is 0. The van der Waals surface area contributed by atoms with Crippen molar-refractivity contribution in [2.45, 2.75) is 32.4 Å². The summed E-state index contributed by atoms with van der Waals surface area (Å²) >= 11 is 0. The van der Waals surface area contributed by atoms with Gasteiger partial charge in [-0.05, 0) is 13.8 Å². The van der Waals surface area contributed by atoms with E-state index in [0.29, 0.717) is 0 Å². The number of hydrogen-bond donors (Lipinski definition) is 0. The Morgan fingerprint density at radius 2 is 1.40 bits per heavy atom. The molecule has 0 heterocycles. The van der Waals surface area contributed by atoms with Crippen LogP contribution < -0.4 is 0 Å². The highest BCUT2D eigenvalue weighted by Gasteiger charge is 2.67. The Morgan fingerprint density at radius 3 is 1.60 bits per heavy atom. The third-order valence-electron chi connectivity index (χ3n) is 1.47. The van der Waals surface area contributed by atoms with Crippen molar-refractivity contribution in [3.63, 3.8) is 0 Å². The topological polar surface area (TPSA) is 35.5 Å². The van der Waals surface area contributed by atoms with Gasteiger partial charge in [-0.15, -0.1) is 0 Å². The molecule has 8 heteroatoms. The molecule has 0 atom stereocenters. The summed E-state index contributed by atoms with van der Waals surface area (Å²) in [5.74, 6) is -4.47. The SMILES string of the molecule is CCOP(=O)(OCC)C(F)(F)C(C)(F)F. The predicted molar refractivity (Wildman–Crippen MR) is 46.4 cm³/mol. The van der Waals surface area contributed by atoms with Crippen molar-refractivity contribution in [1.82, 2.24) is 0 Å². The number of halogens is 4. The largest absolute Gasteiger partial charge is 0.407 e. The number of alkyl halides is 4. The molecule has 0 amide bonds. The first-order valence-corrected chi connectivity index (χ1v) is 5.81. The lowest BCUT2D eigenvalue weighted by Gasteiger charge is -2.29. The van der Waals surface area contributed by atoms with Crippen molar-refractivity contribution >= 4 is 7.60 Å². The molecule has 0 N–H and O–H groups in total. The Balaban J connectivity index is 5.16. The number of rotatable bonds is 6. The highest BCUT2D eigenvalue weighted by atomic mass is 31.2. The van der Waals surface area contributed by atoms with Crippen LogP contribution in [0.25, 0.3) is 0 Å². The second-order valence-electron chi connectivity index (χ2n) is 2.76. The molecule has 0 aliphatic heterocycles. The van der Waals surface area contributed by atoms with Crippen LogP contribution in [0.2, 0.25) is 0 Å². The lowest BCUT2D eigenvalue weighted by Crippen LogP contribution is -2.38. The zero-order valence-electron chi connectivity index (χ0n) is 8.60. The fraction of sp³-hybridized carbons (Fsp3) is 1.00. The molecular formula is C7H13F4O3P. The quantitative estimate of drug-likeness (QED) is 0.536. The van der Waals surface area contributed by atoms with Gasteiger partial charge in [-0.3, -0.25) is 4.57 Å². The van der Waals surface area contributed by atoms with E-state index >= 15 is 0 Å². The Labute approximate surface area is 85.3 Å². The molecule has 0 aromatic carbocycles. The third-order valence-corrected chi connectivity index (χ3v) is 3.75. The van der Waals surface area contributed by atoms with E-state index < -0.39 is 32.4 Å². The maximum absolute atomic E-state index is 13.1. The van der Waals surface area contributed by atoms with Crippen LogP contribution in [-0.4, -0.2) is 24.8 Å². The number of hydrogen-bond acceptors (Lipinski definition) is 3. The summed E-state index contributed by atoms with van der Waals surface area (Å²) < 4.78 is 71.0. The van der Waals surface area contributed by atoms with E-state index in [1.54, 1.807) is 0 Å². The molecule has 0 rings (SSSR count). The van der Waals surface area contributed by atoms with E-state index in [-0.39, 0.29) is 6.92 Å². The van der Waals surface area contributed by atoms with Crippen molar-refractivity contribution in [2.24, 2.45) is 0 Å². The van der Waals surface area contributed by atoms with E-state index in [2.05, 4.69) is 9.05 Å². The molecule has 92 valence electrons. The zero-order chi connectivity index (χ0) is 12.3. The smallest absolute Gasteiger partial charge is 0.305 e. The molecule has 0 aromatic heterocycles. The average molecular weight is 252 g/mol. The second-order valence-corrected chi connectivity index (χ2v) is 4.84. The Kier molecular flexibility index (Phi) is 4.76. The molecule has 0 radical (unpaired) electrons.